The minimum absolute atomic E-state index is 0.212. The summed E-state index contributed by atoms with van der Waals surface area (Å²) in [6, 6.07) is 9.62. The molecule has 0 saturated heterocycles. The number of carboxylic acids is 1. The van der Waals surface area contributed by atoms with Crippen LogP contribution >= 0.6 is 0 Å². The van der Waals surface area contributed by atoms with Crippen LogP contribution in [0.3, 0.4) is 0 Å². The zero-order chi connectivity index (χ0) is 12.6. The summed E-state index contributed by atoms with van der Waals surface area (Å²) in [6.07, 6.45) is 0.834. The van der Waals surface area contributed by atoms with Gasteiger partial charge in [-0.05, 0) is 17.4 Å². The molecule has 1 rings (SSSR count). The van der Waals surface area contributed by atoms with Crippen LogP contribution in [-0.2, 0) is 11.2 Å². The molecule has 0 fully saturated rings. The van der Waals surface area contributed by atoms with Gasteiger partial charge in [0.1, 0.15) is 0 Å². The summed E-state index contributed by atoms with van der Waals surface area (Å²) in [7, 11) is 0. The van der Waals surface area contributed by atoms with Crippen LogP contribution in [0.1, 0.15) is 39.7 Å². The number of aliphatic carboxylic acids is 1. The van der Waals surface area contributed by atoms with E-state index in [0.717, 1.165) is 5.56 Å². The number of carboxylic acid groups (broad SMARTS) is 1. The van der Waals surface area contributed by atoms with E-state index in [0.29, 0.717) is 11.8 Å². The van der Waals surface area contributed by atoms with Gasteiger partial charge in [0.2, 0.25) is 0 Å². The number of hydrogen-bond donors (Lipinski definition) is 1. The van der Waals surface area contributed by atoms with Crippen molar-refractivity contribution in [3.8, 4) is 0 Å². The number of benzene rings is 1. The molecule has 2 heteroatoms. The Hall–Kier alpha value is -1.31. The van der Waals surface area contributed by atoms with Gasteiger partial charge in [-0.2, -0.15) is 0 Å². The quantitative estimate of drug-likeness (QED) is 0.845. The lowest BCUT2D eigenvalue weighted by atomic mass is 10.0. The largest absolute Gasteiger partial charge is 0.481 e. The van der Waals surface area contributed by atoms with Crippen LogP contribution < -0.4 is 0 Å². The fourth-order valence-electron chi connectivity index (χ4n) is 0.896. The molecule has 0 radical (unpaired) electrons. The molecule has 0 heterocycles. The van der Waals surface area contributed by atoms with Crippen molar-refractivity contribution in [2.24, 2.45) is 5.41 Å². The van der Waals surface area contributed by atoms with Crippen LogP contribution in [-0.4, -0.2) is 11.1 Å². The van der Waals surface area contributed by atoms with Crippen LogP contribution in [0.25, 0.3) is 0 Å². The zero-order valence-corrected chi connectivity index (χ0v) is 10.7. The Bertz CT molecular complexity index is 290. The fourth-order valence-corrected chi connectivity index (χ4v) is 0.896. The maximum Gasteiger partial charge on any atom is 0.303 e. The van der Waals surface area contributed by atoms with Crippen LogP contribution in [0.2, 0.25) is 0 Å². The molecule has 0 bridgehead atoms. The van der Waals surface area contributed by atoms with Gasteiger partial charge in [0.15, 0.2) is 0 Å². The van der Waals surface area contributed by atoms with E-state index in [2.05, 4.69) is 27.7 Å². The molecular weight excluding hydrogens is 200 g/mol. The van der Waals surface area contributed by atoms with Crippen LogP contribution in [0.15, 0.2) is 30.3 Å². The highest BCUT2D eigenvalue weighted by atomic mass is 16.4. The molecule has 0 aliphatic heterocycles. The molecule has 2 nitrogen and oxygen atoms in total. The summed E-state index contributed by atoms with van der Waals surface area (Å²) in [5.74, 6) is -0.742. The summed E-state index contributed by atoms with van der Waals surface area (Å²) in [6.45, 7) is 8.75. The number of rotatable bonds is 3. The second-order valence-electron chi connectivity index (χ2n) is 5.38. The Kier molecular flexibility index (Phi) is 6.47. The summed E-state index contributed by atoms with van der Waals surface area (Å²) in [4.78, 5) is 10.2. The average molecular weight is 222 g/mol. The third-order valence-electron chi connectivity index (χ3n) is 1.47. The van der Waals surface area contributed by atoms with Gasteiger partial charge in [0, 0.05) is 6.42 Å². The molecule has 90 valence electrons. The minimum Gasteiger partial charge on any atom is -0.481 e. The first-order valence-corrected chi connectivity index (χ1v) is 5.55. The van der Waals surface area contributed by atoms with E-state index in [-0.39, 0.29) is 6.42 Å². The van der Waals surface area contributed by atoms with E-state index in [4.69, 9.17) is 5.11 Å². The zero-order valence-electron chi connectivity index (χ0n) is 10.7. The number of aryl methyl sites for hydroxylation is 1. The highest BCUT2D eigenvalue weighted by Crippen LogP contribution is 2.08. The van der Waals surface area contributed by atoms with E-state index >= 15 is 0 Å². The number of carbonyl (C=O) groups is 1. The van der Waals surface area contributed by atoms with E-state index < -0.39 is 5.97 Å². The van der Waals surface area contributed by atoms with Crippen LogP contribution in [0.5, 0.6) is 0 Å². The smallest absolute Gasteiger partial charge is 0.303 e. The lowest BCUT2D eigenvalue weighted by Gasteiger charge is -2.05. The SMILES string of the molecule is CC(C)(C)C.O=C(O)CCc1ccccc1. The topological polar surface area (TPSA) is 37.3 Å². The minimum atomic E-state index is -0.742. The van der Waals surface area contributed by atoms with Crippen molar-refractivity contribution >= 4 is 5.97 Å². The van der Waals surface area contributed by atoms with Gasteiger partial charge in [-0.15, -0.1) is 0 Å². The molecule has 0 atom stereocenters. The van der Waals surface area contributed by atoms with Gasteiger partial charge in [-0.1, -0.05) is 58.0 Å². The van der Waals surface area contributed by atoms with Gasteiger partial charge >= 0.3 is 5.97 Å². The normalized spacial score (nSPS) is 10.2. The number of hydrogen-bond acceptors (Lipinski definition) is 1. The van der Waals surface area contributed by atoms with E-state index in [1.54, 1.807) is 0 Å². The van der Waals surface area contributed by atoms with Crippen molar-refractivity contribution in [1.82, 2.24) is 0 Å². The summed E-state index contributed by atoms with van der Waals surface area (Å²) in [5, 5.41) is 8.37. The Morgan fingerprint density at radius 2 is 1.56 bits per heavy atom. The third kappa shape index (κ3) is 12.7. The Balaban J connectivity index is 0.000000385. The second-order valence-corrected chi connectivity index (χ2v) is 5.38. The molecule has 0 saturated carbocycles. The lowest BCUT2D eigenvalue weighted by Crippen LogP contribution is -1.96. The highest BCUT2D eigenvalue weighted by Gasteiger charge is 1.96. The molecule has 0 aromatic heterocycles. The Morgan fingerprint density at radius 3 is 1.94 bits per heavy atom. The molecule has 0 aliphatic carbocycles. The maximum atomic E-state index is 10.2. The molecule has 0 spiro atoms. The lowest BCUT2D eigenvalue weighted by molar-refractivity contribution is -0.136. The molecule has 0 unspecified atom stereocenters. The third-order valence-corrected chi connectivity index (χ3v) is 1.47. The molecular formula is C14H22O2. The monoisotopic (exact) mass is 222 g/mol. The molecule has 0 amide bonds. The average Bonchev–Trinajstić information content (AvgIpc) is 2.14. The Morgan fingerprint density at radius 1 is 1.12 bits per heavy atom. The highest BCUT2D eigenvalue weighted by molar-refractivity contribution is 5.67. The standard InChI is InChI=1S/C9H10O2.C5H12/c10-9(11)7-6-8-4-2-1-3-5-8;1-5(2,3)4/h1-5H,6-7H2,(H,10,11);1-4H3. The maximum absolute atomic E-state index is 10.2. The van der Waals surface area contributed by atoms with Gasteiger partial charge in [-0.25, -0.2) is 0 Å². The Labute approximate surface area is 98.3 Å². The van der Waals surface area contributed by atoms with Crippen molar-refractivity contribution in [2.75, 3.05) is 0 Å². The molecule has 0 aliphatic rings. The first kappa shape index (κ1) is 14.7. The van der Waals surface area contributed by atoms with Crippen LogP contribution in [0.4, 0.5) is 0 Å². The van der Waals surface area contributed by atoms with Gasteiger partial charge in [-0.3, -0.25) is 4.79 Å². The van der Waals surface area contributed by atoms with Crippen molar-refractivity contribution in [1.29, 1.82) is 0 Å². The van der Waals surface area contributed by atoms with Crippen molar-refractivity contribution < 1.29 is 9.90 Å². The molecule has 16 heavy (non-hydrogen) atoms. The molecule has 1 aromatic carbocycles. The van der Waals surface area contributed by atoms with E-state index in [1.807, 2.05) is 30.3 Å². The second kappa shape index (κ2) is 7.04. The van der Waals surface area contributed by atoms with Crippen molar-refractivity contribution in [2.45, 2.75) is 40.5 Å². The first-order chi connectivity index (χ1) is 7.29. The summed E-state index contributed by atoms with van der Waals surface area (Å²) < 4.78 is 0. The predicted molar refractivity (Wildman–Crippen MR) is 67.5 cm³/mol. The van der Waals surface area contributed by atoms with Gasteiger partial charge < -0.3 is 5.11 Å². The van der Waals surface area contributed by atoms with Crippen molar-refractivity contribution in [3.05, 3.63) is 35.9 Å². The fraction of sp³-hybridized carbons (Fsp3) is 0.500. The predicted octanol–water partition coefficient (Wildman–Crippen LogP) is 3.76. The van der Waals surface area contributed by atoms with Crippen LogP contribution in [0, 0.1) is 5.41 Å². The summed E-state index contributed by atoms with van der Waals surface area (Å²) in [5.41, 5.74) is 1.58. The van der Waals surface area contributed by atoms with Crippen molar-refractivity contribution in [3.63, 3.8) is 0 Å². The van der Waals surface area contributed by atoms with Gasteiger partial charge in [0.25, 0.3) is 0 Å². The summed E-state index contributed by atoms with van der Waals surface area (Å²) >= 11 is 0. The van der Waals surface area contributed by atoms with E-state index in [9.17, 15) is 4.79 Å². The van der Waals surface area contributed by atoms with Gasteiger partial charge in [0.05, 0.1) is 0 Å². The first-order valence-electron chi connectivity index (χ1n) is 5.55. The molecule has 1 aromatic rings. The molecule has 1 N–H and O–H groups in total. The van der Waals surface area contributed by atoms with E-state index in [1.165, 1.54) is 0 Å².